The topological polar surface area (TPSA) is 84.5 Å². The summed E-state index contributed by atoms with van der Waals surface area (Å²) in [5.74, 6) is -1.17. The summed E-state index contributed by atoms with van der Waals surface area (Å²) in [4.78, 5) is 36.0. The number of carbonyl (C=O) groups excluding carboxylic acids is 3. The monoisotopic (exact) mass is 418 g/mol. The second-order valence-electron chi connectivity index (χ2n) is 7.37. The van der Waals surface area contributed by atoms with E-state index in [4.69, 9.17) is 4.74 Å². The van der Waals surface area contributed by atoms with Gasteiger partial charge in [0, 0.05) is 6.54 Å². The molecule has 6 heteroatoms. The van der Waals surface area contributed by atoms with Gasteiger partial charge in [-0.05, 0) is 27.8 Å². The Hall–Kier alpha value is -3.67. The normalized spacial score (nSPS) is 11.5. The zero-order chi connectivity index (χ0) is 22.1. The van der Waals surface area contributed by atoms with Crippen LogP contribution in [0.15, 0.2) is 72.8 Å². The molecule has 6 nitrogen and oxygen atoms in total. The first kappa shape index (κ1) is 22.0. The molecular weight excluding hydrogens is 392 g/mol. The van der Waals surface area contributed by atoms with Gasteiger partial charge in [-0.25, -0.2) is 0 Å². The lowest BCUT2D eigenvalue weighted by atomic mass is 10.0. The van der Waals surface area contributed by atoms with Crippen molar-refractivity contribution in [3.05, 3.63) is 83.9 Å². The van der Waals surface area contributed by atoms with Crippen LogP contribution in [-0.4, -0.2) is 37.5 Å². The molecule has 2 N–H and O–H groups in total. The van der Waals surface area contributed by atoms with E-state index in [1.54, 1.807) is 0 Å². The van der Waals surface area contributed by atoms with Gasteiger partial charge in [-0.1, -0.05) is 79.7 Å². The molecule has 3 rings (SSSR count). The number of esters is 1. The summed E-state index contributed by atoms with van der Waals surface area (Å²) in [5, 5.41) is 7.35. The van der Waals surface area contributed by atoms with Crippen molar-refractivity contribution in [2.24, 2.45) is 0 Å². The van der Waals surface area contributed by atoms with Gasteiger partial charge >= 0.3 is 5.97 Å². The summed E-state index contributed by atoms with van der Waals surface area (Å²) < 4.78 is 4.95. The highest BCUT2D eigenvalue weighted by Crippen LogP contribution is 2.18. The SMILES string of the molecule is C[C@H](CNC(=O)COC(=O)CNC(=O)Cc1cccc2ccccc12)c1ccccc1. The molecule has 1 atom stereocenters. The van der Waals surface area contributed by atoms with E-state index in [9.17, 15) is 14.4 Å². The van der Waals surface area contributed by atoms with Crippen LogP contribution < -0.4 is 10.6 Å². The van der Waals surface area contributed by atoms with Crippen LogP contribution in [0.3, 0.4) is 0 Å². The fourth-order valence-corrected chi connectivity index (χ4v) is 3.27. The third kappa shape index (κ3) is 6.67. The molecule has 0 aromatic heterocycles. The van der Waals surface area contributed by atoms with Gasteiger partial charge < -0.3 is 15.4 Å². The van der Waals surface area contributed by atoms with Gasteiger partial charge in [-0.3, -0.25) is 14.4 Å². The molecule has 0 saturated carbocycles. The second kappa shape index (κ2) is 10.9. The Kier molecular flexibility index (Phi) is 7.76. The standard InChI is InChI=1S/C25H26N2O4/c1-18(19-8-3-2-4-9-19)15-26-24(29)17-31-25(30)16-27-23(28)14-21-12-7-11-20-10-5-6-13-22(20)21/h2-13,18H,14-17H2,1H3,(H,26,29)(H,27,28)/t18-/m1/s1. The highest BCUT2D eigenvalue weighted by Gasteiger charge is 2.12. The van der Waals surface area contributed by atoms with Crippen molar-refractivity contribution in [2.75, 3.05) is 19.7 Å². The summed E-state index contributed by atoms with van der Waals surface area (Å²) in [5.41, 5.74) is 2.00. The van der Waals surface area contributed by atoms with Gasteiger partial charge in [-0.15, -0.1) is 0 Å². The van der Waals surface area contributed by atoms with E-state index < -0.39 is 5.97 Å². The zero-order valence-electron chi connectivity index (χ0n) is 17.5. The van der Waals surface area contributed by atoms with Crippen LogP contribution in [0, 0.1) is 0 Å². The van der Waals surface area contributed by atoms with Gasteiger partial charge in [0.15, 0.2) is 6.61 Å². The van der Waals surface area contributed by atoms with E-state index in [1.165, 1.54) is 0 Å². The quantitative estimate of drug-likeness (QED) is 0.523. The molecule has 160 valence electrons. The molecule has 0 radical (unpaired) electrons. The van der Waals surface area contributed by atoms with Crippen LogP contribution in [0.2, 0.25) is 0 Å². The fraction of sp³-hybridized carbons (Fsp3) is 0.240. The van der Waals surface area contributed by atoms with Crippen LogP contribution in [0.1, 0.15) is 24.0 Å². The Bertz CT molecular complexity index is 1040. The molecule has 0 bridgehead atoms. The third-order valence-corrected chi connectivity index (χ3v) is 5.00. The zero-order valence-corrected chi connectivity index (χ0v) is 17.5. The molecular formula is C25H26N2O4. The molecule has 3 aromatic carbocycles. The van der Waals surface area contributed by atoms with Crippen molar-refractivity contribution in [2.45, 2.75) is 19.3 Å². The number of hydrogen-bond donors (Lipinski definition) is 2. The third-order valence-electron chi connectivity index (χ3n) is 5.00. The maximum Gasteiger partial charge on any atom is 0.325 e. The molecule has 0 fully saturated rings. The summed E-state index contributed by atoms with van der Waals surface area (Å²) in [6.07, 6.45) is 0.159. The van der Waals surface area contributed by atoms with E-state index in [-0.39, 0.29) is 37.3 Å². The average molecular weight is 418 g/mol. The first-order valence-corrected chi connectivity index (χ1v) is 10.2. The molecule has 3 aromatic rings. The van der Waals surface area contributed by atoms with Crippen molar-refractivity contribution in [1.82, 2.24) is 10.6 Å². The van der Waals surface area contributed by atoms with Gasteiger partial charge in [0.25, 0.3) is 5.91 Å². The molecule has 2 amide bonds. The molecule has 31 heavy (non-hydrogen) atoms. The summed E-state index contributed by atoms with van der Waals surface area (Å²) >= 11 is 0. The maximum atomic E-state index is 12.2. The van der Waals surface area contributed by atoms with Crippen molar-refractivity contribution in [3.8, 4) is 0 Å². The molecule has 0 unspecified atom stereocenters. The second-order valence-corrected chi connectivity index (χ2v) is 7.37. The Labute approximate surface area is 181 Å². The lowest BCUT2D eigenvalue weighted by molar-refractivity contribution is -0.148. The fourth-order valence-electron chi connectivity index (χ4n) is 3.27. The highest BCUT2D eigenvalue weighted by atomic mass is 16.5. The minimum absolute atomic E-state index is 0.147. The number of nitrogens with one attached hydrogen (secondary N) is 2. The Morgan fingerprint density at radius 3 is 2.35 bits per heavy atom. The van der Waals surface area contributed by atoms with Crippen LogP contribution in [-0.2, 0) is 25.5 Å². The average Bonchev–Trinajstić information content (AvgIpc) is 2.80. The maximum absolute atomic E-state index is 12.2. The summed E-state index contributed by atoms with van der Waals surface area (Å²) in [6.45, 7) is 1.80. The van der Waals surface area contributed by atoms with Crippen molar-refractivity contribution < 1.29 is 19.1 Å². The highest BCUT2D eigenvalue weighted by molar-refractivity contribution is 5.91. The smallest absolute Gasteiger partial charge is 0.325 e. The predicted octanol–water partition coefficient (Wildman–Crippen LogP) is 2.96. The summed E-state index contributed by atoms with van der Waals surface area (Å²) in [7, 11) is 0. The Morgan fingerprint density at radius 2 is 1.55 bits per heavy atom. The Balaban J connectivity index is 1.37. The Morgan fingerprint density at radius 1 is 0.839 bits per heavy atom. The van der Waals surface area contributed by atoms with E-state index in [0.717, 1.165) is 21.9 Å². The molecule has 0 aliphatic rings. The minimum atomic E-state index is -0.655. The minimum Gasteiger partial charge on any atom is -0.454 e. The number of carbonyl (C=O) groups is 3. The van der Waals surface area contributed by atoms with Crippen LogP contribution in [0.4, 0.5) is 0 Å². The molecule has 0 spiro atoms. The first-order chi connectivity index (χ1) is 15.0. The van der Waals surface area contributed by atoms with Crippen molar-refractivity contribution >= 4 is 28.6 Å². The van der Waals surface area contributed by atoms with E-state index in [2.05, 4.69) is 10.6 Å². The number of benzene rings is 3. The predicted molar refractivity (Wildman–Crippen MR) is 119 cm³/mol. The van der Waals surface area contributed by atoms with Crippen LogP contribution in [0.25, 0.3) is 10.8 Å². The van der Waals surface area contributed by atoms with Gasteiger partial charge in [0.1, 0.15) is 6.54 Å². The lowest BCUT2D eigenvalue weighted by Gasteiger charge is -2.13. The van der Waals surface area contributed by atoms with Gasteiger partial charge in [0.05, 0.1) is 6.42 Å². The number of hydrogen-bond acceptors (Lipinski definition) is 4. The lowest BCUT2D eigenvalue weighted by Crippen LogP contribution is -2.35. The van der Waals surface area contributed by atoms with E-state index >= 15 is 0 Å². The molecule has 0 heterocycles. The van der Waals surface area contributed by atoms with Crippen LogP contribution >= 0.6 is 0 Å². The number of rotatable bonds is 9. The molecule has 0 aliphatic heterocycles. The molecule has 0 aliphatic carbocycles. The number of ether oxygens (including phenoxy) is 1. The molecule has 0 saturated heterocycles. The van der Waals surface area contributed by atoms with Gasteiger partial charge in [0.2, 0.25) is 5.91 Å². The number of fused-ring (bicyclic) bond motifs is 1. The van der Waals surface area contributed by atoms with Crippen LogP contribution in [0.5, 0.6) is 0 Å². The van der Waals surface area contributed by atoms with Gasteiger partial charge in [-0.2, -0.15) is 0 Å². The van der Waals surface area contributed by atoms with Crippen molar-refractivity contribution in [3.63, 3.8) is 0 Å². The van der Waals surface area contributed by atoms with E-state index in [1.807, 2.05) is 79.7 Å². The van der Waals surface area contributed by atoms with Crippen molar-refractivity contribution in [1.29, 1.82) is 0 Å². The first-order valence-electron chi connectivity index (χ1n) is 10.2. The largest absolute Gasteiger partial charge is 0.454 e. The summed E-state index contributed by atoms with van der Waals surface area (Å²) in [6, 6.07) is 23.4. The number of amides is 2. The van der Waals surface area contributed by atoms with E-state index in [0.29, 0.717) is 6.54 Å².